The number of nitrogens with one attached hydrogen (secondary N) is 3. The molecule has 0 aliphatic carbocycles. The predicted octanol–water partition coefficient (Wildman–Crippen LogP) is 0.866. The summed E-state index contributed by atoms with van der Waals surface area (Å²) < 4.78 is 0. The zero-order chi connectivity index (χ0) is 16.9. The minimum atomic E-state index is -0.322. The van der Waals surface area contributed by atoms with E-state index in [0.717, 1.165) is 29.8 Å². The average Bonchev–Trinajstić information content (AvgIpc) is 3.04. The van der Waals surface area contributed by atoms with Crippen molar-refractivity contribution in [1.29, 1.82) is 0 Å². The number of nitrogens with zero attached hydrogens (tertiary/aromatic N) is 2. The van der Waals surface area contributed by atoms with Gasteiger partial charge in [-0.3, -0.25) is 14.7 Å². The fourth-order valence-electron chi connectivity index (χ4n) is 2.73. The Morgan fingerprint density at radius 3 is 2.80 bits per heavy atom. The third-order valence-electron chi connectivity index (χ3n) is 4.11. The molecule has 8 heteroatoms. The van der Waals surface area contributed by atoms with Crippen molar-refractivity contribution in [3.8, 4) is 0 Å². The normalized spacial score (nSPS) is 12.7. The Bertz CT molecular complexity index is 732. The number of carbonyl (C=O) groups excluding carboxylic acids is 2. The van der Waals surface area contributed by atoms with E-state index in [2.05, 4.69) is 20.8 Å². The van der Waals surface area contributed by atoms with Crippen molar-refractivity contribution in [2.45, 2.75) is 19.5 Å². The van der Waals surface area contributed by atoms with Gasteiger partial charge in [0.05, 0.1) is 6.54 Å². The first kappa shape index (κ1) is 19.0. The zero-order valence-electron chi connectivity index (χ0n) is 14.0. The molecule has 2 heterocycles. The van der Waals surface area contributed by atoms with E-state index in [0.29, 0.717) is 18.8 Å². The summed E-state index contributed by atoms with van der Waals surface area (Å²) in [5.74, 6) is -0.465. The highest BCUT2D eigenvalue weighted by molar-refractivity contribution is 5.96. The van der Waals surface area contributed by atoms with Gasteiger partial charge in [0, 0.05) is 44.4 Å². The van der Waals surface area contributed by atoms with Gasteiger partial charge in [-0.2, -0.15) is 5.10 Å². The Labute approximate surface area is 152 Å². The van der Waals surface area contributed by atoms with Crippen molar-refractivity contribution in [3.63, 3.8) is 0 Å². The average molecular weight is 364 g/mol. The number of amides is 2. The second kappa shape index (κ2) is 8.64. The molecule has 1 aliphatic rings. The highest BCUT2D eigenvalue weighted by Gasteiger charge is 2.22. The maximum absolute atomic E-state index is 12.3. The van der Waals surface area contributed by atoms with Crippen molar-refractivity contribution >= 4 is 24.2 Å². The first-order chi connectivity index (χ1) is 11.6. The first-order valence-corrected chi connectivity index (χ1v) is 7.98. The van der Waals surface area contributed by atoms with E-state index in [1.807, 2.05) is 30.3 Å². The van der Waals surface area contributed by atoms with E-state index in [-0.39, 0.29) is 30.8 Å². The second-order valence-corrected chi connectivity index (χ2v) is 5.87. The van der Waals surface area contributed by atoms with Crippen LogP contribution in [0.25, 0.3) is 0 Å². The molecule has 0 unspecified atom stereocenters. The number of likely N-dealkylation sites (N-methyl/N-ethyl adjacent to an activating group) is 1. The summed E-state index contributed by atoms with van der Waals surface area (Å²) in [6, 6.07) is 9.73. The van der Waals surface area contributed by atoms with Gasteiger partial charge in [-0.05, 0) is 5.56 Å². The molecule has 0 saturated carbocycles. The van der Waals surface area contributed by atoms with Gasteiger partial charge in [-0.15, -0.1) is 12.4 Å². The molecule has 7 nitrogen and oxygen atoms in total. The molecule has 25 heavy (non-hydrogen) atoms. The number of fused-ring (bicyclic) bond motifs is 1. The summed E-state index contributed by atoms with van der Waals surface area (Å²) in [6.07, 6.45) is 0.828. The minimum absolute atomic E-state index is 0. The Balaban J connectivity index is 0.00000225. The molecule has 2 aromatic rings. The lowest BCUT2D eigenvalue weighted by molar-refractivity contribution is -0.129. The Morgan fingerprint density at radius 1 is 1.28 bits per heavy atom. The Morgan fingerprint density at radius 2 is 2.04 bits per heavy atom. The van der Waals surface area contributed by atoms with Gasteiger partial charge in [0.2, 0.25) is 5.91 Å². The van der Waals surface area contributed by atoms with Gasteiger partial charge >= 0.3 is 0 Å². The standard InChI is InChI=1S/C17H21N5O2.ClH/c1-22(11-12-5-3-2-4-6-12)15(23)10-19-17(24)16-13-9-18-8-7-14(13)20-21-16;/h2-6,18H,7-11H2,1H3,(H,19,24)(H,20,21);1H. The topological polar surface area (TPSA) is 90.1 Å². The fraction of sp³-hybridized carbons (Fsp3) is 0.353. The lowest BCUT2D eigenvalue weighted by Crippen LogP contribution is -2.38. The number of benzene rings is 1. The van der Waals surface area contributed by atoms with Crippen molar-refractivity contribution in [3.05, 3.63) is 52.8 Å². The molecule has 3 rings (SSSR count). The molecule has 3 N–H and O–H groups in total. The van der Waals surface area contributed by atoms with E-state index < -0.39 is 0 Å². The molecule has 1 aromatic carbocycles. The van der Waals surface area contributed by atoms with E-state index in [1.165, 1.54) is 0 Å². The van der Waals surface area contributed by atoms with Gasteiger partial charge in [0.15, 0.2) is 5.69 Å². The van der Waals surface area contributed by atoms with Crippen LogP contribution in [0.4, 0.5) is 0 Å². The van der Waals surface area contributed by atoms with Crippen LogP contribution in [0, 0.1) is 0 Å². The summed E-state index contributed by atoms with van der Waals surface area (Å²) in [7, 11) is 1.72. The van der Waals surface area contributed by atoms with Gasteiger partial charge in [0.25, 0.3) is 5.91 Å². The van der Waals surface area contributed by atoms with E-state index in [4.69, 9.17) is 0 Å². The molecule has 0 bridgehead atoms. The quantitative estimate of drug-likeness (QED) is 0.735. The SMILES string of the molecule is CN(Cc1ccccc1)C(=O)CNC(=O)c1n[nH]c2c1CNCC2.Cl. The lowest BCUT2D eigenvalue weighted by atomic mass is 10.1. The molecule has 1 aliphatic heterocycles. The van der Waals surface area contributed by atoms with Gasteiger partial charge in [-0.25, -0.2) is 0 Å². The minimum Gasteiger partial charge on any atom is -0.342 e. The largest absolute Gasteiger partial charge is 0.342 e. The van der Waals surface area contributed by atoms with Crippen LogP contribution in [0.1, 0.15) is 27.3 Å². The molecule has 0 radical (unpaired) electrons. The van der Waals surface area contributed by atoms with Crippen LogP contribution in [-0.2, 0) is 24.3 Å². The third kappa shape index (κ3) is 4.58. The third-order valence-corrected chi connectivity index (χ3v) is 4.11. The smallest absolute Gasteiger partial charge is 0.272 e. The van der Waals surface area contributed by atoms with Crippen LogP contribution in [0.5, 0.6) is 0 Å². The number of aromatic amines is 1. The Kier molecular flexibility index (Phi) is 6.55. The molecule has 0 saturated heterocycles. The Hall–Kier alpha value is -2.38. The predicted molar refractivity (Wildman–Crippen MR) is 96.5 cm³/mol. The maximum atomic E-state index is 12.3. The molecule has 2 amide bonds. The van der Waals surface area contributed by atoms with Crippen LogP contribution in [0.3, 0.4) is 0 Å². The molecule has 134 valence electrons. The van der Waals surface area contributed by atoms with Crippen LogP contribution in [0.2, 0.25) is 0 Å². The van der Waals surface area contributed by atoms with Crippen molar-refractivity contribution in [2.75, 3.05) is 20.1 Å². The van der Waals surface area contributed by atoms with Crippen molar-refractivity contribution < 1.29 is 9.59 Å². The fourth-order valence-corrected chi connectivity index (χ4v) is 2.73. The summed E-state index contributed by atoms with van der Waals surface area (Å²) in [5.41, 5.74) is 3.30. The maximum Gasteiger partial charge on any atom is 0.272 e. The number of H-pyrrole nitrogens is 1. The van der Waals surface area contributed by atoms with Gasteiger partial charge in [-0.1, -0.05) is 30.3 Å². The summed E-state index contributed by atoms with van der Waals surface area (Å²) >= 11 is 0. The summed E-state index contributed by atoms with van der Waals surface area (Å²) in [4.78, 5) is 26.0. The highest BCUT2D eigenvalue weighted by Crippen LogP contribution is 2.15. The summed E-state index contributed by atoms with van der Waals surface area (Å²) in [6.45, 7) is 1.96. The van der Waals surface area contributed by atoms with Gasteiger partial charge in [0.1, 0.15) is 0 Å². The monoisotopic (exact) mass is 363 g/mol. The zero-order valence-corrected chi connectivity index (χ0v) is 14.9. The lowest BCUT2D eigenvalue weighted by Gasteiger charge is -2.17. The van der Waals surface area contributed by atoms with E-state index in [9.17, 15) is 9.59 Å². The number of aromatic nitrogens is 2. The van der Waals surface area contributed by atoms with Crippen LogP contribution >= 0.6 is 12.4 Å². The number of carbonyl (C=O) groups is 2. The molecule has 1 aromatic heterocycles. The van der Waals surface area contributed by atoms with Crippen molar-refractivity contribution in [1.82, 2.24) is 25.7 Å². The van der Waals surface area contributed by atoms with Crippen LogP contribution in [0.15, 0.2) is 30.3 Å². The van der Waals surface area contributed by atoms with Crippen LogP contribution in [-0.4, -0.2) is 47.0 Å². The second-order valence-electron chi connectivity index (χ2n) is 5.87. The van der Waals surface area contributed by atoms with Crippen molar-refractivity contribution in [2.24, 2.45) is 0 Å². The van der Waals surface area contributed by atoms with E-state index >= 15 is 0 Å². The van der Waals surface area contributed by atoms with E-state index in [1.54, 1.807) is 11.9 Å². The van der Waals surface area contributed by atoms with Gasteiger partial charge < -0.3 is 15.5 Å². The summed E-state index contributed by atoms with van der Waals surface area (Å²) in [5, 5.41) is 12.9. The molecule has 0 atom stereocenters. The highest BCUT2D eigenvalue weighted by atomic mass is 35.5. The number of halogens is 1. The first-order valence-electron chi connectivity index (χ1n) is 7.98. The molecular formula is C17H22ClN5O2. The molecular weight excluding hydrogens is 342 g/mol. The van der Waals surface area contributed by atoms with Crippen LogP contribution < -0.4 is 10.6 Å². The molecule has 0 fully saturated rings. The number of rotatable bonds is 5. The molecule has 0 spiro atoms. The number of hydrogen-bond acceptors (Lipinski definition) is 4. The number of hydrogen-bond donors (Lipinski definition) is 3.